The molecule has 0 radical (unpaired) electrons. The molecule has 5 rings (SSSR count). The van der Waals surface area contributed by atoms with Crippen molar-refractivity contribution in [1.82, 2.24) is 15.0 Å². The number of halogens is 1. The number of anilines is 2. The zero-order chi connectivity index (χ0) is 22.3. The third-order valence-corrected chi connectivity index (χ3v) is 6.95. The standard InChI is InChI=1S/C24H23ClN6O/c1-24(13-26)2-4-31(5-3-24)21-7-15-8-22(29-12-16(15)6-20(21)25)30-23(32)19-9-18(19)17-10-27-14-28-11-17/h6-8,10-12,14,18-19H,2-5,9H2,1H3,(H,29,30,32)/t18-,19+/m1/s1. The molecule has 3 heterocycles. The fourth-order valence-corrected chi connectivity index (χ4v) is 4.68. The molecule has 3 aromatic rings. The molecule has 7 nitrogen and oxygen atoms in total. The first kappa shape index (κ1) is 20.7. The second-order valence-corrected chi connectivity index (χ2v) is 9.40. The van der Waals surface area contributed by atoms with Gasteiger partial charge in [-0.1, -0.05) is 11.6 Å². The second-order valence-electron chi connectivity index (χ2n) is 8.99. The molecule has 32 heavy (non-hydrogen) atoms. The van der Waals surface area contributed by atoms with Crippen molar-refractivity contribution in [3.8, 4) is 6.07 Å². The van der Waals surface area contributed by atoms with Gasteiger partial charge in [-0.05, 0) is 61.3 Å². The monoisotopic (exact) mass is 446 g/mol. The summed E-state index contributed by atoms with van der Waals surface area (Å²) in [4.78, 5) is 27.4. The molecule has 1 saturated carbocycles. The van der Waals surface area contributed by atoms with Gasteiger partial charge in [0.15, 0.2) is 0 Å². The first-order valence-electron chi connectivity index (χ1n) is 10.8. The fourth-order valence-electron chi connectivity index (χ4n) is 4.39. The number of benzene rings is 1. The highest BCUT2D eigenvalue weighted by Gasteiger charge is 2.44. The van der Waals surface area contributed by atoms with E-state index < -0.39 is 0 Å². The SMILES string of the molecule is CC1(C#N)CCN(c2cc3cc(NC(=O)[C@H]4C[C@@H]4c4cncnc4)ncc3cc2Cl)CC1. The van der Waals surface area contributed by atoms with Crippen LogP contribution in [0, 0.1) is 22.7 Å². The zero-order valence-corrected chi connectivity index (χ0v) is 18.5. The quantitative estimate of drug-likeness (QED) is 0.631. The van der Waals surface area contributed by atoms with Crippen LogP contribution in [-0.2, 0) is 4.79 Å². The largest absolute Gasteiger partial charge is 0.370 e. The van der Waals surface area contributed by atoms with Crippen LogP contribution in [0.4, 0.5) is 11.5 Å². The molecule has 2 fully saturated rings. The van der Waals surface area contributed by atoms with Crippen LogP contribution in [0.5, 0.6) is 0 Å². The van der Waals surface area contributed by atoms with Gasteiger partial charge in [0.1, 0.15) is 12.1 Å². The maximum atomic E-state index is 12.7. The Morgan fingerprint density at radius 1 is 1.19 bits per heavy atom. The summed E-state index contributed by atoms with van der Waals surface area (Å²) in [7, 11) is 0. The Morgan fingerprint density at radius 2 is 1.94 bits per heavy atom. The molecule has 0 bridgehead atoms. The topological polar surface area (TPSA) is 94.8 Å². The van der Waals surface area contributed by atoms with Crippen molar-refractivity contribution in [2.45, 2.75) is 32.1 Å². The Kier molecular flexibility index (Phi) is 5.18. The molecule has 162 valence electrons. The molecule has 2 aliphatic rings. The number of hydrogen-bond acceptors (Lipinski definition) is 6. The van der Waals surface area contributed by atoms with Crippen LogP contribution in [0.2, 0.25) is 5.02 Å². The van der Waals surface area contributed by atoms with Gasteiger partial charge in [0.05, 0.1) is 22.2 Å². The van der Waals surface area contributed by atoms with Gasteiger partial charge in [0.25, 0.3) is 0 Å². The van der Waals surface area contributed by atoms with E-state index in [0.717, 1.165) is 54.4 Å². The minimum absolute atomic E-state index is 0.0355. The molecule has 1 amide bonds. The minimum atomic E-state index is -0.270. The number of hydrogen-bond donors (Lipinski definition) is 1. The highest BCUT2D eigenvalue weighted by Crippen LogP contribution is 2.47. The number of carbonyl (C=O) groups is 1. The average molecular weight is 447 g/mol. The van der Waals surface area contributed by atoms with E-state index in [9.17, 15) is 10.1 Å². The maximum absolute atomic E-state index is 12.7. The Labute approximate surface area is 191 Å². The summed E-state index contributed by atoms with van der Waals surface area (Å²) in [6, 6.07) is 8.28. The number of nitrogens with one attached hydrogen (secondary N) is 1. The molecule has 0 unspecified atom stereocenters. The van der Waals surface area contributed by atoms with Crippen molar-refractivity contribution in [2.24, 2.45) is 11.3 Å². The van der Waals surface area contributed by atoms with Crippen molar-refractivity contribution in [3.05, 3.63) is 53.7 Å². The molecule has 2 aromatic heterocycles. The number of aromatic nitrogens is 3. The Bertz CT molecular complexity index is 1220. The third-order valence-electron chi connectivity index (χ3n) is 6.65. The predicted octanol–water partition coefficient (Wildman–Crippen LogP) is 4.55. The second kappa shape index (κ2) is 8.03. The molecule has 1 aromatic carbocycles. The lowest BCUT2D eigenvalue weighted by Crippen LogP contribution is -2.38. The van der Waals surface area contributed by atoms with E-state index in [1.807, 2.05) is 25.1 Å². The van der Waals surface area contributed by atoms with Crippen LogP contribution in [0.15, 0.2) is 43.1 Å². The number of rotatable bonds is 4. The van der Waals surface area contributed by atoms with E-state index in [1.54, 1.807) is 18.6 Å². The van der Waals surface area contributed by atoms with E-state index in [1.165, 1.54) is 6.33 Å². The number of nitriles is 1. The summed E-state index contributed by atoms with van der Waals surface area (Å²) in [5, 5.41) is 14.9. The third kappa shape index (κ3) is 3.98. The number of carbonyl (C=O) groups excluding carboxylic acids is 1. The van der Waals surface area contributed by atoms with Crippen LogP contribution in [0.25, 0.3) is 10.8 Å². The van der Waals surface area contributed by atoms with Gasteiger partial charge >= 0.3 is 0 Å². The van der Waals surface area contributed by atoms with Gasteiger partial charge in [-0.2, -0.15) is 5.26 Å². The van der Waals surface area contributed by atoms with E-state index in [2.05, 4.69) is 31.2 Å². The van der Waals surface area contributed by atoms with Crippen LogP contribution in [0.3, 0.4) is 0 Å². The molecule has 8 heteroatoms. The van der Waals surface area contributed by atoms with Gasteiger partial charge in [-0.25, -0.2) is 15.0 Å². The molecule has 1 saturated heterocycles. The van der Waals surface area contributed by atoms with E-state index in [0.29, 0.717) is 10.8 Å². The Hall–Kier alpha value is -3.24. The van der Waals surface area contributed by atoms with Gasteiger partial charge in [-0.15, -0.1) is 0 Å². The summed E-state index contributed by atoms with van der Waals surface area (Å²) in [5.41, 5.74) is 1.68. The minimum Gasteiger partial charge on any atom is -0.370 e. The number of amides is 1. The van der Waals surface area contributed by atoms with Crippen LogP contribution in [-0.4, -0.2) is 33.9 Å². The first-order valence-corrected chi connectivity index (χ1v) is 11.1. The molecule has 1 aliphatic carbocycles. The average Bonchev–Trinajstić information content (AvgIpc) is 3.61. The predicted molar refractivity (Wildman–Crippen MR) is 123 cm³/mol. The molecule has 1 N–H and O–H groups in total. The first-order chi connectivity index (χ1) is 15.5. The fraction of sp³-hybridized carbons (Fsp3) is 0.375. The van der Waals surface area contributed by atoms with Crippen molar-refractivity contribution in [2.75, 3.05) is 23.3 Å². The van der Waals surface area contributed by atoms with Gasteiger partial charge in [0, 0.05) is 43.0 Å². The van der Waals surface area contributed by atoms with E-state index in [-0.39, 0.29) is 23.2 Å². The lowest BCUT2D eigenvalue weighted by atomic mass is 9.82. The molecular formula is C24H23ClN6O. The molecular weight excluding hydrogens is 424 g/mol. The summed E-state index contributed by atoms with van der Waals surface area (Å²) < 4.78 is 0. The van der Waals surface area contributed by atoms with Crippen molar-refractivity contribution in [1.29, 1.82) is 5.26 Å². The van der Waals surface area contributed by atoms with Gasteiger partial charge < -0.3 is 10.2 Å². The summed E-state index contributed by atoms with van der Waals surface area (Å²) >= 11 is 6.58. The summed E-state index contributed by atoms with van der Waals surface area (Å²) in [6.07, 6.45) is 9.18. The highest BCUT2D eigenvalue weighted by atomic mass is 35.5. The number of piperidine rings is 1. The van der Waals surface area contributed by atoms with Gasteiger partial charge in [-0.3, -0.25) is 4.79 Å². The van der Waals surface area contributed by atoms with Crippen LogP contribution < -0.4 is 10.2 Å². The zero-order valence-electron chi connectivity index (χ0n) is 17.8. The smallest absolute Gasteiger partial charge is 0.229 e. The number of nitrogens with zero attached hydrogens (tertiary/aromatic N) is 5. The lowest BCUT2D eigenvalue weighted by Gasteiger charge is -2.36. The van der Waals surface area contributed by atoms with Gasteiger partial charge in [0.2, 0.25) is 5.91 Å². The Morgan fingerprint density at radius 3 is 2.66 bits per heavy atom. The van der Waals surface area contributed by atoms with Crippen molar-refractivity contribution < 1.29 is 4.79 Å². The molecule has 0 spiro atoms. The van der Waals surface area contributed by atoms with Crippen molar-refractivity contribution in [3.63, 3.8) is 0 Å². The lowest BCUT2D eigenvalue weighted by molar-refractivity contribution is -0.117. The van der Waals surface area contributed by atoms with E-state index >= 15 is 0 Å². The van der Waals surface area contributed by atoms with Crippen LogP contribution >= 0.6 is 11.6 Å². The van der Waals surface area contributed by atoms with E-state index in [4.69, 9.17) is 11.6 Å². The van der Waals surface area contributed by atoms with Crippen LogP contribution in [0.1, 0.15) is 37.7 Å². The Balaban J connectivity index is 1.32. The normalized spacial score (nSPS) is 21.7. The highest BCUT2D eigenvalue weighted by molar-refractivity contribution is 6.34. The molecule has 2 atom stereocenters. The number of pyridine rings is 1. The summed E-state index contributed by atoms with van der Waals surface area (Å²) in [5.74, 6) is 0.579. The van der Waals surface area contributed by atoms with Crippen molar-refractivity contribution >= 4 is 39.8 Å². The maximum Gasteiger partial charge on any atom is 0.229 e. The molecule has 1 aliphatic heterocycles. The number of fused-ring (bicyclic) bond motifs is 1. The summed E-state index contributed by atoms with van der Waals surface area (Å²) in [6.45, 7) is 3.59.